The number of halogens is 1. The van der Waals surface area contributed by atoms with E-state index in [1.165, 1.54) is 0 Å². The van der Waals surface area contributed by atoms with E-state index in [2.05, 4.69) is 36.5 Å². The Labute approximate surface area is 149 Å². The number of hydrogen-bond acceptors (Lipinski definition) is 5. The van der Waals surface area contributed by atoms with Crippen LogP contribution in [-0.2, 0) is 0 Å². The number of aryl methyl sites for hydroxylation is 1. The summed E-state index contributed by atoms with van der Waals surface area (Å²) in [7, 11) is 1.65. The van der Waals surface area contributed by atoms with Crippen molar-refractivity contribution in [3.05, 3.63) is 64.9 Å². The smallest absolute Gasteiger partial charge is 0.136 e. The Morgan fingerprint density at radius 3 is 2.17 bits per heavy atom. The highest BCUT2D eigenvalue weighted by Crippen LogP contribution is 2.23. The highest BCUT2D eigenvalue weighted by Gasteiger charge is 2.04. The highest BCUT2D eigenvalue weighted by molar-refractivity contribution is 9.10. The molecule has 122 valence electrons. The van der Waals surface area contributed by atoms with Gasteiger partial charge < -0.3 is 15.4 Å². The van der Waals surface area contributed by atoms with Crippen molar-refractivity contribution in [1.82, 2.24) is 9.97 Å². The summed E-state index contributed by atoms with van der Waals surface area (Å²) in [4.78, 5) is 8.86. The molecule has 3 rings (SSSR count). The van der Waals surface area contributed by atoms with Gasteiger partial charge >= 0.3 is 0 Å². The largest absolute Gasteiger partial charge is 0.497 e. The quantitative estimate of drug-likeness (QED) is 0.644. The van der Waals surface area contributed by atoms with Gasteiger partial charge in [-0.2, -0.15) is 0 Å². The van der Waals surface area contributed by atoms with E-state index in [1.807, 2.05) is 61.5 Å². The number of ether oxygens (including phenoxy) is 1. The third kappa shape index (κ3) is 4.23. The van der Waals surface area contributed by atoms with Gasteiger partial charge in [0.2, 0.25) is 0 Å². The Hall–Kier alpha value is -2.60. The van der Waals surface area contributed by atoms with E-state index < -0.39 is 0 Å². The second-order valence-electron chi connectivity index (χ2n) is 5.17. The third-order valence-corrected chi connectivity index (χ3v) is 3.79. The topological polar surface area (TPSA) is 59.1 Å². The Balaban J connectivity index is 1.80. The Morgan fingerprint density at radius 2 is 1.54 bits per heavy atom. The Morgan fingerprint density at radius 1 is 0.875 bits per heavy atom. The lowest BCUT2D eigenvalue weighted by Gasteiger charge is -2.11. The van der Waals surface area contributed by atoms with E-state index in [0.717, 1.165) is 33.2 Å². The number of nitrogens with zero attached hydrogens (tertiary/aromatic N) is 2. The molecule has 0 aliphatic rings. The van der Waals surface area contributed by atoms with Crippen LogP contribution in [0.25, 0.3) is 0 Å². The second kappa shape index (κ2) is 7.31. The summed E-state index contributed by atoms with van der Waals surface area (Å²) in [6.07, 6.45) is 0. The molecule has 3 aromatic rings. The molecule has 2 N–H and O–H groups in total. The van der Waals surface area contributed by atoms with Gasteiger partial charge in [-0.1, -0.05) is 22.0 Å². The third-order valence-electron chi connectivity index (χ3n) is 3.30. The molecule has 0 saturated heterocycles. The van der Waals surface area contributed by atoms with E-state index in [-0.39, 0.29) is 0 Å². The van der Waals surface area contributed by atoms with Crippen molar-refractivity contribution in [2.45, 2.75) is 6.92 Å². The van der Waals surface area contributed by atoms with E-state index >= 15 is 0 Å². The van der Waals surface area contributed by atoms with Crippen molar-refractivity contribution in [3.63, 3.8) is 0 Å². The van der Waals surface area contributed by atoms with Crippen molar-refractivity contribution in [2.75, 3.05) is 17.7 Å². The molecule has 0 fully saturated rings. The fourth-order valence-corrected chi connectivity index (χ4v) is 2.63. The van der Waals surface area contributed by atoms with Crippen LogP contribution < -0.4 is 15.4 Å². The normalized spacial score (nSPS) is 10.3. The fraction of sp³-hybridized carbons (Fsp3) is 0.111. The minimum absolute atomic E-state index is 0.686. The SMILES string of the molecule is COc1ccc(Nc2cc(Nc3cccc(Br)c3)nc(C)n2)cc1. The van der Waals surface area contributed by atoms with Gasteiger partial charge in [-0.15, -0.1) is 0 Å². The van der Waals surface area contributed by atoms with Gasteiger partial charge in [-0.25, -0.2) is 9.97 Å². The number of rotatable bonds is 5. The molecular formula is C18H17BrN4O. The number of hydrogen-bond donors (Lipinski definition) is 2. The standard InChI is InChI=1S/C18H17BrN4O/c1-12-20-17(22-14-6-8-16(24-2)9-7-14)11-18(21-12)23-15-5-3-4-13(19)10-15/h3-11H,1-2H3,(H2,20,21,22,23). The summed E-state index contributed by atoms with van der Waals surface area (Å²) in [5, 5.41) is 6.57. The molecule has 1 aromatic heterocycles. The van der Waals surface area contributed by atoms with Crippen LogP contribution in [0.5, 0.6) is 5.75 Å². The van der Waals surface area contributed by atoms with Crippen LogP contribution in [0.2, 0.25) is 0 Å². The molecular weight excluding hydrogens is 368 g/mol. The Bertz CT molecular complexity index is 837. The summed E-state index contributed by atoms with van der Waals surface area (Å²) >= 11 is 3.47. The minimum atomic E-state index is 0.686. The van der Waals surface area contributed by atoms with Crippen molar-refractivity contribution in [3.8, 4) is 5.75 Å². The monoisotopic (exact) mass is 384 g/mol. The van der Waals surface area contributed by atoms with Gasteiger partial charge in [0.15, 0.2) is 0 Å². The fourth-order valence-electron chi connectivity index (χ4n) is 2.23. The van der Waals surface area contributed by atoms with Crippen LogP contribution in [0.4, 0.5) is 23.0 Å². The number of methoxy groups -OCH3 is 1. The molecule has 0 amide bonds. The van der Waals surface area contributed by atoms with Gasteiger partial charge in [0, 0.05) is 21.9 Å². The van der Waals surface area contributed by atoms with Crippen molar-refractivity contribution in [1.29, 1.82) is 0 Å². The molecule has 0 radical (unpaired) electrons. The van der Waals surface area contributed by atoms with Crippen LogP contribution in [0.1, 0.15) is 5.82 Å². The molecule has 24 heavy (non-hydrogen) atoms. The minimum Gasteiger partial charge on any atom is -0.497 e. The van der Waals surface area contributed by atoms with Crippen LogP contribution in [0, 0.1) is 6.92 Å². The second-order valence-corrected chi connectivity index (χ2v) is 6.09. The van der Waals surface area contributed by atoms with E-state index in [0.29, 0.717) is 5.82 Å². The van der Waals surface area contributed by atoms with Gasteiger partial charge in [-0.05, 0) is 49.4 Å². The van der Waals surface area contributed by atoms with E-state index in [9.17, 15) is 0 Å². The maximum atomic E-state index is 5.17. The number of aromatic nitrogens is 2. The molecule has 2 aromatic carbocycles. The molecule has 0 saturated carbocycles. The number of anilines is 4. The summed E-state index contributed by atoms with van der Waals surface area (Å²) in [5.41, 5.74) is 1.89. The molecule has 6 heteroatoms. The lowest BCUT2D eigenvalue weighted by Crippen LogP contribution is -2.01. The first-order chi connectivity index (χ1) is 11.6. The summed E-state index contributed by atoms with van der Waals surface area (Å²) < 4.78 is 6.18. The zero-order valence-corrected chi connectivity index (χ0v) is 15.0. The molecule has 0 aliphatic heterocycles. The predicted octanol–water partition coefficient (Wildman–Crippen LogP) is 5.04. The van der Waals surface area contributed by atoms with E-state index in [4.69, 9.17) is 4.74 Å². The molecule has 0 atom stereocenters. The first-order valence-electron chi connectivity index (χ1n) is 7.42. The maximum Gasteiger partial charge on any atom is 0.136 e. The van der Waals surface area contributed by atoms with Crippen molar-refractivity contribution >= 4 is 38.9 Å². The van der Waals surface area contributed by atoms with Crippen LogP contribution in [0.3, 0.4) is 0 Å². The summed E-state index contributed by atoms with van der Waals surface area (Å²) in [5.74, 6) is 2.96. The van der Waals surface area contributed by atoms with Gasteiger partial charge in [0.1, 0.15) is 23.2 Å². The van der Waals surface area contributed by atoms with Gasteiger partial charge in [0.05, 0.1) is 7.11 Å². The van der Waals surface area contributed by atoms with Gasteiger partial charge in [-0.3, -0.25) is 0 Å². The molecule has 1 heterocycles. The van der Waals surface area contributed by atoms with Crippen molar-refractivity contribution < 1.29 is 4.74 Å². The zero-order chi connectivity index (χ0) is 16.9. The molecule has 0 spiro atoms. The first kappa shape index (κ1) is 16.3. The molecule has 0 bridgehead atoms. The Kier molecular flexibility index (Phi) is 4.96. The molecule has 0 aliphatic carbocycles. The molecule has 0 unspecified atom stereocenters. The lowest BCUT2D eigenvalue weighted by atomic mass is 10.3. The zero-order valence-electron chi connectivity index (χ0n) is 13.4. The average Bonchev–Trinajstić information content (AvgIpc) is 2.55. The van der Waals surface area contributed by atoms with Crippen LogP contribution >= 0.6 is 15.9 Å². The maximum absolute atomic E-state index is 5.17. The average molecular weight is 385 g/mol. The van der Waals surface area contributed by atoms with Gasteiger partial charge in [0.25, 0.3) is 0 Å². The summed E-state index contributed by atoms with van der Waals surface area (Å²) in [6, 6.07) is 17.5. The van der Waals surface area contributed by atoms with E-state index in [1.54, 1.807) is 7.11 Å². The number of nitrogens with one attached hydrogen (secondary N) is 2. The first-order valence-corrected chi connectivity index (χ1v) is 8.21. The lowest BCUT2D eigenvalue weighted by molar-refractivity contribution is 0.415. The van der Waals surface area contributed by atoms with Crippen LogP contribution in [0.15, 0.2) is 59.1 Å². The summed E-state index contributed by atoms with van der Waals surface area (Å²) in [6.45, 7) is 1.87. The highest BCUT2D eigenvalue weighted by atomic mass is 79.9. The van der Waals surface area contributed by atoms with Crippen LogP contribution in [-0.4, -0.2) is 17.1 Å². The molecule has 5 nitrogen and oxygen atoms in total. The van der Waals surface area contributed by atoms with Crippen molar-refractivity contribution in [2.24, 2.45) is 0 Å². The number of benzene rings is 2. The predicted molar refractivity (Wildman–Crippen MR) is 100 cm³/mol.